The van der Waals surface area contributed by atoms with Gasteiger partial charge in [0.05, 0.1) is 11.6 Å². The van der Waals surface area contributed by atoms with Crippen LogP contribution in [0.2, 0.25) is 0 Å². The molecule has 1 N–H and O–H groups in total. The molecule has 0 spiro atoms. The van der Waals surface area contributed by atoms with E-state index in [9.17, 15) is 4.79 Å². The normalized spacial score (nSPS) is 10.1. The van der Waals surface area contributed by atoms with Crippen LogP contribution in [0.15, 0.2) is 48.5 Å². The number of benzene rings is 2. The van der Waals surface area contributed by atoms with Gasteiger partial charge >= 0.3 is 0 Å². The molecule has 0 aliphatic carbocycles. The third-order valence-electron chi connectivity index (χ3n) is 3.95. The van der Waals surface area contributed by atoms with Gasteiger partial charge in [-0.3, -0.25) is 4.79 Å². The maximum absolute atomic E-state index is 11.1. The number of hydrogen-bond donors (Lipinski definition) is 1. The largest absolute Gasteiger partial charge is 0.359 e. The van der Waals surface area contributed by atoms with Crippen LogP contribution < -0.4 is 5.32 Å². The summed E-state index contributed by atoms with van der Waals surface area (Å²) >= 11 is 0. The molecule has 3 heteroatoms. The summed E-state index contributed by atoms with van der Waals surface area (Å²) in [5.74, 6) is 0.122. The minimum absolute atomic E-state index is 0.122. The van der Waals surface area contributed by atoms with Crippen molar-refractivity contribution in [2.24, 2.45) is 0 Å². The molecule has 0 atom stereocenters. The fourth-order valence-electron chi connectivity index (χ4n) is 2.52. The van der Waals surface area contributed by atoms with Gasteiger partial charge in [0, 0.05) is 13.5 Å². The highest BCUT2D eigenvalue weighted by Gasteiger charge is 2.00. The summed E-state index contributed by atoms with van der Waals surface area (Å²) < 4.78 is 0. The Hall–Kier alpha value is -2.60. The fourth-order valence-corrected chi connectivity index (χ4v) is 2.52. The van der Waals surface area contributed by atoms with E-state index in [2.05, 4.69) is 35.7 Å². The third kappa shape index (κ3) is 5.27. The van der Waals surface area contributed by atoms with E-state index in [0.717, 1.165) is 36.8 Å². The van der Waals surface area contributed by atoms with Crippen LogP contribution in [0.5, 0.6) is 0 Å². The first-order chi connectivity index (χ1) is 11.2. The van der Waals surface area contributed by atoms with Gasteiger partial charge in [0.25, 0.3) is 0 Å². The second-order valence-corrected chi connectivity index (χ2v) is 5.62. The van der Waals surface area contributed by atoms with Crippen molar-refractivity contribution in [3.05, 3.63) is 59.7 Å². The maximum Gasteiger partial charge on any atom is 0.219 e. The summed E-state index contributed by atoms with van der Waals surface area (Å²) in [4.78, 5) is 11.1. The Morgan fingerprint density at radius 3 is 2.13 bits per heavy atom. The highest BCUT2D eigenvalue weighted by atomic mass is 16.1. The number of nitrogens with zero attached hydrogens (tertiary/aromatic N) is 1. The predicted molar refractivity (Wildman–Crippen MR) is 92.8 cm³/mol. The molecule has 0 aliphatic rings. The standard InChI is InChI=1S/C20H22N2O/c1-22-20(23)6-4-2-3-5-16-7-11-18(12-8-16)19-13-9-17(15-21)10-14-19/h7-14H,2-6H2,1H3,(H,22,23). The minimum atomic E-state index is 0.122. The van der Waals surface area contributed by atoms with Crippen LogP contribution in [0.1, 0.15) is 36.8 Å². The number of aryl methyl sites for hydroxylation is 1. The third-order valence-corrected chi connectivity index (χ3v) is 3.95. The molecule has 0 radical (unpaired) electrons. The zero-order valence-corrected chi connectivity index (χ0v) is 13.5. The molecule has 2 aromatic carbocycles. The Balaban J connectivity index is 1.82. The number of carbonyl (C=O) groups is 1. The number of hydrogen-bond acceptors (Lipinski definition) is 2. The van der Waals surface area contributed by atoms with Crippen LogP contribution in [0.4, 0.5) is 0 Å². The quantitative estimate of drug-likeness (QED) is 0.784. The smallest absolute Gasteiger partial charge is 0.219 e. The molecule has 0 heterocycles. The second-order valence-electron chi connectivity index (χ2n) is 5.62. The zero-order chi connectivity index (χ0) is 16.5. The molecular weight excluding hydrogens is 284 g/mol. The van der Waals surface area contributed by atoms with E-state index in [1.54, 1.807) is 7.05 Å². The monoisotopic (exact) mass is 306 g/mol. The van der Waals surface area contributed by atoms with E-state index in [-0.39, 0.29) is 5.91 Å². The lowest BCUT2D eigenvalue weighted by Gasteiger charge is -2.05. The molecule has 0 bridgehead atoms. The molecule has 118 valence electrons. The van der Waals surface area contributed by atoms with E-state index in [1.165, 1.54) is 5.56 Å². The summed E-state index contributed by atoms with van der Waals surface area (Å²) in [7, 11) is 1.68. The molecular formula is C20H22N2O. The van der Waals surface area contributed by atoms with Gasteiger partial charge in [-0.15, -0.1) is 0 Å². The molecule has 0 fully saturated rings. The van der Waals surface area contributed by atoms with Gasteiger partial charge in [-0.1, -0.05) is 42.8 Å². The van der Waals surface area contributed by atoms with Gasteiger partial charge in [-0.25, -0.2) is 0 Å². The van der Waals surface area contributed by atoms with E-state index >= 15 is 0 Å². The van der Waals surface area contributed by atoms with Crippen molar-refractivity contribution < 1.29 is 4.79 Å². The first kappa shape index (κ1) is 16.8. The molecule has 0 saturated carbocycles. The zero-order valence-electron chi connectivity index (χ0n) is 13.5. The van der Waals surface area contributed by atoms with Crippen molar-refractivity contribution in [1.29, 1.82) is 5.26 Å². The number of amides is 1. The Bertz CT molecular complexity index is 666. The summed E-state index contributed by atoms with van der Waals surface area (Å²) in [5, 5.41) is 11.5. The lowest BCUT2D eigenvalue weighted by Crippen LogP contribution is -2.16. The van der Waals surface area contributed by atoms with E-state index < -0.39 is 0 Å². The highest BCUT2D eigenvalue weighted by molar-refractivity contribution is 5.75. The first-order valence-corrected chi connectivity index (χ1v) is 8.03. The Kier molecular flexibility index (Phi) is 6.38. The van der Waals surface area contributed by atoms with E-state index in [0.29, 0.717) is 12.0 Å². The molecule has 3 nitrogen and oxygen atoms in total. The topological polar surface area (TPSA) is 52.9 Å². The molecule has 0 aromatic heterocycles. The number of nitrogens with one attached hydrogen (secondary N) is 1. The van der Waals surface area contributed by atoms with Crippen molar-refractivity contribution in [2.45, 2.75) is 32.1 Å². The molecule has 0 aliphatic heterocycles. The Morgan fingerprint density at radius 2 is 1.57 bits per heavy atom. The van der Waals surface area contributed by atoms with Crippen molar-refractivity contribution in [2.75, 3.05) is 7.05 Å². The van der Waals surface area contributed by atoms with Crippen molar-refractivity contribution >= 4 is 5.91 Å². The average molecular weight is 306 g/mol. The van der Waals surface area contributed by atoms with Gasteiger partial charge in [0.15, 0.2) is 0 Å². The number of nitriles is 1. The van der Waals surface area contributed by atoms with Gasteiger partial charge in [0.1, 0.15) is 0 Å². The summed E-state index contributed by atoms with van der Waals surface area (Å²) in [5.41, 5.74) is 4.29. The molecule has 1 amide bonds. The Morgan fingerprint density at radius 1 is 0.957 bits per heavy atom. The number of carbonyl (C=O) groups excluding carboxylic acids is 1. The summed E-state index contributed by atoms with van der Waals surface area (Å²) in [6.07, 6.45) is 4.79. The van der Waals surface area contributed by atoms with Crippen LogP contribution >= 0.6 is 0 Å². The second kappa shape index (κ2) is 8.75. The maximum atomic E-state index is 11.1. The van der Waals surface area contributed by atoms with Gasteiger partial charge in [0.2, 0.25) is 5.91 Å². The fraction of sp³-hybridized carbons (Fsp3) is 0.300. The van der Waals surface area contributed by atoms with Crippen molar-refractivity contribution in [3.8, 4) is 17.2 Å². The minimum Gasteiger partial charge on any atom is -0.359 e. The molecule has 0 saturated heterocycles. The van der Waals surface area contributed by atoms with Gasteiger partial charge < -0.3 is 5.32 Å². The van der Waals surface area contributed by atoms with E-state index in [1.807, 2.05) is 24.3 Å². The van der Waals surface area contributed by atoms with Gasteiger partial charge in [-0.2, -0.15) is 5.26 Å². The van der Waals surface area contributed by atoms with Crippen LogP contribution in [-0.2, 0) is 11.2 Å². The predicted octanol–water partition coefficient (Wildman–Crippen LogP) is 4.07. The van der Waals surface area contributed by atoms with Crippen LogP contribution in [0.25, 0.3) is 11.1 Å². The highest BCUT2D eigenvalue weighted by Crippen LogP contribution is 2.21. The lowest BCUT2D eigenvalue weighted by atomic mass is 10.0. The van der Waals surface area contributed by atoms with E-state index in [4.69, 9.17) is 5.26 Å². The van der Waals surface area contributed by atoms with Crippen LogP contribution in [0.3, 0.4) is 0 Å². The molecule has 0 unspecified atom stereocenters. The first-order valence-electron chi connectivity index (χ1n) is 8.03. The summed E-state index contributed by atoms with van der Waals surface area (Å²) in [6.45, 7) is 0. The van der Waals surface area contributed by atoms with Crippen molar-refractivity contribution in [1.82, 2.24) is 5.32 Å². The van der Waals surface area contributed by atoms with Crippen molar-refractivity contribution in [3.63, 3.8) is 0 Å². The summed E-state index contributed by atoms with van der Waals surface area (Å²) in [6, 6.07) is 18.3. The Labute approximate surface area is 138 Å². The van der Waals surface area contributed by atoms with Gasteiger partial charge in [-0.05, 0) is 48.1 Å². The SMILES string of the molecule is CNC(=O)CCCCCc1ccc(-c2ccc(C#N)cc2)cc1. The average Bonchev–Trinajstić information content (AvgIpc) is 2.62. The molecule has 2 aromatic rings. The number of rotatable bonds is 7. The van der Waals surface area contributed by atoms with Crippen LogP contribution in [0, 0.1) is 11.3 Å². The molecule has 23 heavy (non-hydrogen) atoms. The number of unbranched alkanes of at least 4 members (excludes halogenated alkanes) is 2. The lowest BCUT2D eigenvalue weighted by molar-refractivity contribution is -0.120. The van der Waals surface area contributed by atoms with Crippen LogP contribution in [-0.4, -0.2) is 13.0 Å². The molecule has 2 rings (SSSR count).